The molecule has 0 saturated heterocycles. The van der Waals surface area contributed by atoms with E-state index < -0.39 is 6.04 Å². The molecular weight excluding hydrogens is 473 g/mol. The standard InChI is InChI=1S/C26H25Cl2N3O3/c1-16(25(33)29-2)31(15-18-11-12-19(27)14-21(18)28)23(32)10-5-13-30-22-9-4-7-17-6-3-8-20(24(17)22)26(30)34/h3-4,6-9,11-12,14,16H,5,10,13,15H2,1-2H3,(H,29,33)/t16-/m1/s1. The van der Waals surface area contributed by atoms with Crippen LogP contribution in [0.3, 0.4) is 0 Å². The zero-order valence-electron chi connectivity index (χ0n) is 19.0. The van der Waals surface area contributed by atoms with E-state index in [-0.39, 0.29) is 30.7 Å². The first-order valence-corrected chi connectivity index (χ1v) is 11.9. The summed E-state index contributed by atoms with van der Waals surface area (Å²) in [5, 5.41) is 5.50. The molecule has 3 aromatic carbocycles. The number of anilines is 1. The van der Waals surface area contributed by atoms with Crippen molar-refractivity contribution >= 4 is 57.4 Å². The second-order valence-electron chi connectivity index (χ2n) is 8.29. The fourth-order valence-electron chi connectivity index (χ4n) is 4.36. The Kier molecular flexibility index (Phi) is 7.10. The molecule has 3 aromatic rings. The third-order valence-electron chi connectivity index (χ3n) is 6.19. The lowest BCUT2D eigenvalue weighted by Gasteiger charge is -2.29. The minimum atomic E-state index is -0.685. The third kappa shape index (κ3) is 4.61. The van der Waals surface area contributed by atoms with Crippen molar-refractivity contribution in [1.82, 2.24) is 10.2 Å². The highest BCUT2D eigenvalue weighted by atomic mass is 35.5. The summed E-state index contributed by atoms with van der Waals surface area (Å²) in [4.78, 5) is 41.8. The van der Waals surface area contributed by atoms with Crippen LogP contribution in [0.1, 0.15) is 35.7 Å². The Labute approximate surface area is 208 Å². The van der Waals surface area contributed by atoms with Gasteiger partial charge in [0.2, 0.25) is 11.8 Å². The van der Waals surface area contributed by atoms with E-state index in [0.29, 0.717) is 34.1 Å². The highest BCUT2D eigenvalue weighted by molar-refractivity contribution is 6.35. The quantitative estimate of drug-likeness (QED) is 0.473. The van der Waals surface area contributed by atoms with Gasteiger partial charge in [-0.2, -0.15) is 0 Å². The number of halogens is 2. The first-order chi connectivity index (χ1) is 16.3. The highest BCUT2D eigenvalue weighted by Crippen LogP contribution is 2.37. The molecule has 1 aliphatic rings. The predicted molar refractivity (Wildman–Crippen MR) is 135 cm³/mol. The van der Waals surface area contributed by atoms with E-state index in [9.17, 15) is 14.4 Å². The van der Waals surface area contributed by atoms with E-state index in [1.807, 2.05) is 36.4 Å². The Morgan fingerprint density at radius 3 is 2.53 bits per heavy atom. The van der Waals surface area contributed by atoms with Gasteiger partial charge in [0.25, 0.3) is 5.91 Å². The number of carbonyl (C=O) groups is 3. The molecule has 3 amide bonds. The molecule has 0 radical (unpaired) electrons. The van der Waals surface area contributed by atoms with Crippen LogP contribution < -0.4 is 10.2 Å². The van der Waals surface area contributed by atoms with E-state index in [1.54, 1.807) is 30.0 Å². The third-order valence-corrected chi connectivity index (χ3v) is 6.78. The Morgan fingerprint density at radius 1 is 1.09 bits per heavy atom. The molecule has 8 heteroatoms. The van der Waals surface area contributed by atoms with Crippen LogP contribution in [0, 0.1) is 0 Å². The number of amides is 3. The molecule has 0 saturated carbocycles. The Balaban J connectivity index is 1.47. The maximum atomic E-state index is 13.2. The Hall–Kier alpha value is -3.09. The zero-order valence-corrected chi connectivity index (χ0v) is 20.5. The van der Waals surface area contributed by atoms with Gasteiger partial charge in [-0.05, 0) is 48.6 Å². The van der Waals surface area contributed by atoms with E-state index in [1.165, 1.54) is 11.9 Å². The molecule has 0 spiro atoms. The second kappa shape index (κ2) is 10.0. The normalized spacial score (nSPS) is 13.3. The lowest BCUT2D eigenvalue weighted by Crippen LogP contribution is -2.46. The molecule has 0 fully saturated rings. The van der Waals surface area contributed by atoms with Gasteiger partial charge < -0.3 is 15.1 Å². The van der Waals surface area contributed by atoms with Crippen LogP contribution in [0.5, 0.6) is 0 Å². The van der Waals surface area contributed by atoms with Gasteiger partial charge in [-0.15, -0.1) is 0 Å². The molecule has 0 aliphatic carbocycles. The average molecular weight is 498 g/mol. The molecule has 0 aromatic heterocycles. The highest BCUT2D eigenvalue weighted by Gasteiger charge is 2.30. The summed E-state index contributed by atoms with van der Waals surface area (Å²) in [7, 11) is 1.54. The van der Waals surface area contributed by atoms with Gasteiger partial charge in [0, 0.05) is 47.6 Å². The molecule has 6 nitrogen and oxygen atoms in total. The lowest BCUT2D eigenvalue weighted by molar-refractivity contribution is -0.140. The van der Waals surface area contributed by atoms with Gasteiger partial charge in [-0.1, -0.05) is 53.5 Å². The Morgan fingerprint density at radius 2 is 1.82 bits per heavy atom. The van der Waals surface area contributed by atoms with Gasteiger partial charge >= 0.3 is 0 Å². The molecule has 176 valence electrons. The van der Waals surface area contributed by atoms with Crippen LogP contribution in [-0.2, 0) is 16.1 Å². The number of likely N-dealkylation sites (N-methyl/N-ethyl adjacent to an activating group) is 1. The fourth-order valence-corrected chi connectivity index (χ4v) is 4.83. The summed E-state index contributed by atoms with van der Waals surface area (Å²) in [6.45, 7) is 2.26. The molecule has 1 heterocycles. The van der Waals surface area contributed by atoms with E-state index in [2.05, 4.69) is 5.32 Å². The Bertz CT molecular complexity index is 1270. The first-order valence-electron chi connectivity index (χ1n) is 11.1. The van der Waals surface area contributed by atoms with Crippen LogP contribution in [-0.4, -0.2) is 42.3 Å². The first kappa shape index (κ1) is 24.0. The summed E-state index contributed by atoms with van der Waals surface area (Å²) in [5.74, 6) is -0.512. The smallest absolute Gasteiger partial charge is 0.258 e. The van der Waals surface area contributed by atoms with Crippen molar-refractivity contribution in [3.63, 3.8) is 0 Å². The molecule has 0 unspecified atom stereocenters. The number of rotatable bonds is 8. The van der Waals surface area contributed by atoms with E-state index in [0.717, 1.165) is 16.5 Å². The van der Waals surface area contributed by atoms with Gasteiger partial charge in [0.15, 0.2) is 0 Å². The summed E-state index contributed by atoms with van der Waals surface area (Å²) in [6.07, 6.45) is 0.642. The van der Waals surface area contributed by atoms with Crippen molar-refractivity contribution in [3.8, 4) is 0 Å². The topological polar surface area (TPSA) is 69.7 Å². The van der Waals surface area contributed by atoms with Crippen LogP contribution >= 0.6 is 23.2 Å². The van der Waals surface area contributed by atoms with Gasteiger partial charge in [0.05, 0.1) is 5.69 Å². The molecule has 1 aliphatic heterocycles. The van der Waals surface area contributed by atoms with E-state index >= 15 is 0 Å². The van der Waals surface area contributed by atoms with Crippen LogP contribution in [0.25, 0.3) is 10.8 Å². The summed E-state index contributed by atoms with van der Waals surface area (Å²) < 4.78 is 0. The number of nitrogens with one attached hydrogen (secondary N) is 1. The van der Waals surface area contributed by atoms with Crippen LogP contribution in [0.2, 0.25) is 10.0 Å². The number of carbonyl (C=O) groups excluding carboxylic acids is 3. The number of hydrogen-bond donors (Lipinski definition) is 1. The van der Waals surface area contributed by atoms with Crippen LogP contribution in [0.15, 0.2) is 54.6 Å². The van der Waals surface area contributed by atoms with Gasteiger partial charge in [-0.25, -0.2) is 0 Å². The molecule has 0 bridgehead atoms. The molecule has 1 atom stereocenters. The van der Waals surface area contributed by atoms with Crippen molar-refractivity contribution < 1.29 is 14.4 Å². The minimum absolute atomic E-state index is 0.0530. The van der Waals surface area contributed by atoms with Crippen molar-refractivity contribution in [2.24, 2.45) is 0 Å². The molecule has 34 heavy (non-hydrogen) atoms. The van der Waals surface area contributed by atoms with Crippen molar-refractivity contribution in [1.29, 1.82) is 0 Å². The number of hydrogen-bond acceptors (Lipinski definition) is 3. The molecular formula is C26H25Cl2N3O3. The minimum Gasteiger partial charge on any atom is -0.357 e. The lowest BCUT2D eigenvalue weighted by atomic mass is 10.1. The van der Waals surface area contributed by atoms with Crippen molar-refractivity contribution in [3.05, 3.63) is 75.8 Å². The van der Waals surface area contributed by atoms with Crippen LogP contribution in [0.4, 0.5) is 5.69 Å². The SMILES string of the molecule is CNC(=O)[C@@H](C)N(Cc1ccc(Cl)cc1Cl)C(=O)CCCN1C(=O)c2cccc3cccc1c23. The number of nitrogens with zero attached hydrogens (tertiary/aromatic N) is 2. The maximum Gasteiger partial charge on any atom is 0.258 e. The fraction of sp³-hybridized carbons (Fsp3) is 0.269. The predicted octanol–water partition coefficient (Wildman–Crippen LogP) is 5.05. The monoisotopic (exact) mass is 497 g/mol. The molecule has 4 rings (SSSR count). The van der Waals surface area contributed by atoms with Gasteiger partial charge in [-0.3, -0.25) is 14.4 Å². The van der Waals surface area contributed by atoms with Crippen molar-refractivity contribution in [2.75, 3.05) is 18.5 Å². The summed E-state index contributed by atoms with van der Waals surface area (Å²) >= 11 is 12.3. The summed E-state index contributed by atoms with van der Waals surface area (Å²) in [6, 6.07) is 15.9. The van der Waals surface area contributed by atoms with Gasteiger partial charge in [0.1, 0.15) is 6.04 Å². The summed E-state index contributed by atoms with van der Waals surface area (Å²) in [5.41, 5.74) is 2.26. The largest absolute Gasteiger partial charge is 0.357 e. The second-order valence-corrected chi connectivity index (χ2v) is 9.13. The van der Waals surface area contributed by atoms with E-state index in [4.69, 9.17) is 23.2 Å². The zero-order chi connectivity index (χ0) is 24.4. The average Bonchev–Trinajstić information content (AvgIpc) is 3.10. The van der Waals surface area contributed by atoms with Crippen molar-refractivity contribution in [2.45, 2.75) is 32.4 Å². The maximum absolute atomic E-state index is 13.2. The molecule has 1 N–H and O–H groups in total. The number of benzene rings is 3.